The van der Waals surface area contributed by atoms with Gasteiger partial charge >= 0.3 is 0 Å². The maximum Gasteiger partial charge on any atom is 0.119 e. The molecular formula is C18H26N2O. The lowest BCUT2D eigenvalue weighted by Crippen LogP contribution is -2.29. The van der Waals surface area contributed by atoms with Crippen LogP contribution in [0.3, 0.4) is 0 Å². The van der Waals surface area contributed by atoms with Crippen molar-refractivity contribution in [2.75, 3.05) is 26.7 Å². The Kier molecular flexibility index (Phi) is 3.64. The fourth-order valence-electron chi connectivity index (χ4n) is 4.03. The van der Waals surface area contributed by atoms with Crippen molar-refractivity contribution >= 4 is 0 Å². The fraction of sp³-hybridized carbons (Fsp3) is 0.667. The molecule has 0 spiro atoms. The molecule has 0 bridgehead atoms. The smallest absolute Gasteiger partial charge is 0.119 e. The number of methoxy groups -OCH3 is 1. The number of likely N-dealkylation sites (tertiary alicyclic amines) is 1. The minimum absolute atomic E-state index is 0.532. The molecule has 1 aromatic carbocycles. The summed E-state index contributed by atoms with van der Waals surface area (Å²) in [7, 11) is 1.75. The Hall–Kier alpha value is -1.06. The molecule has 0 amide bonds. The molecule has 1 N–H and O–H groups in total. The van der Waals surface area contributed by atoms with Crippen LogP contribution < -0.4 is 10.1 Å². The second kappa shape index (κ2) is 5.62. The molecule has 2 atom stereocenters. The number of nitrogens with zero attached hydrogens (tertiary/aromatic N) is 1. The Labute approximate surface area is 127 Å². The van der Waals surface area contributed by atoms with Gasteiger partial charge in [0.25, 0.3) is 0 Å². The van der Waals surface area contributed by atoms with Crippen LogP contribution in [0, 0.1) is 5.92 Å². The van der Waals surface area contributed by atoms with Gasteiger partial charge in [-0.2, -0.15) is 0 Å². The van der Waals surface area contributed by atoms with E-state index in [0.29, 0.717) is 6.04 Å². The summed E-state index contributed by atoms with van der Waals surface area (Å²) in [6, 6.07) is 8.02. The van der Waals surface area contributed by atoms with E-state index in [4.69, 9.17) is 4.74 Å². The van der Waals surface area contributed by atoms with Gasteiger partial charge < -0.3 is 15.0 Å². The van der Waals surface area contributed by atoms with E-state index >= 15 is 0 Å². The second-order valence-corrected chi connectivity index (χ2v) is 6.95. The van der Waals surface area contributed by atoms with Crippen molar-refractivity contribution in [1.29, 1.82) is 0 Å². The van der Waals surface area contributed by atoms with Gasteiger partial charge in [-0.25, -0.2) is 0 Å². The van der Waals surface area contributed by atoms with Gasteiger partial charge in [0.1, 0.15) is 5.75 Å². The second-order valence-electron chi connectivity index (χ2n) is 6.95. The lowest BCUT2D eigenvalue weighted by atomic mass is 10.1. The number of nitrogens with one attached hydrogen (secondary N) is 1. The molecule has 2 unspecified atom stereocenters. The zero-order valence-corrected chi connectivity index (χ0v) is 13.0. The topological polar surface area (TPSA) is 24.5 Å². The highest BCUT2D eigenvalue weighted by Crippen LogP contribution is 2.35. The number of ether oxygens (including phenoxy) is 1. The van der Waals surface area contributed by atoms with E-state index in [1.165, 1.54) is 62.9 Å². The van der Waals surface area contributed by atoms with Gasteiger partial charge in [0.15, 0.2) is 0 Å². The largest absolute Gasteiger partial charge is 0.497 e. The maximum atomic E-state index is 5.38. The lowest BCUT2D eigenvalue weighted by Gasteiger charge is -2.19. The molecule has 3 aliphatic rings. The molecule has 3 nitrogen and oxygen atoms in total. The third-order valence-electron chi connectivity index (χ3n) is 5.46. The molecular weight excluding hydrogens is 260 g/mol. The summed E-state index contributed by atoms with van der Waals surface area (Å²) in [6.07, 6.45) is 6.70. The molecule has 4 rings (SSSR count). The number of rotatable bonds is 5. The standard InChI is InChI=1S/C18H26N2O/c1-21-16-6-2-14-3-7-18(17(14)10-16)19-11-13-8-9-20(12-13)15-4-5-15/h2,6,10,13,15,18-19H,3-5,7-9,11-12H2,1H3. The number of aryl methyl sites for hydroxylation is 1. The molecule has 1 heterocycles. The van der Waals surface area contributed by atoms with Gasteiger partial charge in [0.2, 0.25) is 0 Å². The fourth-order valence-corrected chi connectivity index (χ4v) is 4.03. The van der Waals surface area contributed by atoms with E-state index in [1.807, 2.05) is 0 Å². The van der Waals surface area contributed by atoms with Gasteiger partial charge in [-0.15, -0.1) is 0 Å². The zero-order valence-electron chi connectivity index (χ0n) is 13.0. The summed E-state index contributed by atoms with van der Waals surface area (Å²) < 4.78 is 5.38. The van der Waals surface area contributed by atoms with Crippen molar-refractivity contribution in [3.63, 3.8) is 0 Å². The summed E-state index contributed by atoms with van der Waals surface area (Å²) in [5.41, 5.74) is 2.96. The third-order valence-corrected chi connectivity index (χ3v) is 5.46. The highest BCUT2D eigenvalue weighted by molar-refractivity contribution is 5.40. The van der Waals surface area contributed by atoms with Crippen molar-refractivity contribution in [3.05, 3.63) is 29.3 Å². The van der Waals surface area contributed by atoms with Crippen molar-refractivity contribution in [3.8, 4) is 5.75 Å². The van der Waals surface area contributed by atoms with Crippen LogP contribution in [0.15, 0.2) is 18.2 Å². The number of hydrogen-bond acceptors (Lipinski definition) is 3. The van der Waals surface area contributed by atoms with Crippen molar-refractivity contribution < 1.29 is 4.74 Å². The predicted molar refractivity (Wildman–Crippen MR) is 84.8 cm³/mol. The van der Waals surface area contributed by atoms with Crippen LogP contribution in [-0.4, -0.2) is 37.7 Å². The quantitative estimate of drug-likeness (QED) is 0.901. The summed E-state index contributed by atoms with van der Waals surface area (Å²) in [5, 5.41) is 3.83. The Morgan fingerprint density at radius 2 is 2.14 bits per heavy atom. The first kappa shape index (κ1) is 13.6. The molecule has 1 saturated heterocycles. The van der Waals surface area contributed by atoms with E-state index in [-0.39, 0.29) is 0 Å². The van der Waals surface area contributed by atoms with E-state index in [2.05, 4.69) is 28.4 Å². The Morgan fingerprint density at radius 3 is 2.95 bits per heavy atom. The van der Waals surface area contributed by atoms with Crippen LogP contribution in [0.4, 0.5) is 0 Å². The molecule has 1 saturated carbocycles. The third kappa shape index (κ3) is 2.82. The lowest BCUT2D eigenvalue weighted by molar-refractivity contribution is 0.309. The molecule has 0 radical (unpaired) electrons. The first-order chi connectivity index (χ1) is 10.3. The minimum atomic E-state index is 0.532. The monoisotopic (exact) mass is 286 g/mol. The normalized spacial score (nSPS) is 28.8. The summed E-state index contributed by atoms with van der Waals surface area (Å²) in [4.78, 5) is 2.71. The van der Waals surface area contributed by atoms with Gasteiger partial charge in [0, 0.05) is 18.6 Å². The average molecular weight is 286 g/mol. The average Bonchev–Trinajstić information content (AvgIpc) is 3.12. The van der Waals surface area contributed by atoms with Gasteiger partial charge in [-0.1, -0.05) is 6.07 Å². The minimum Gasteiger partial charge on any atom is -0.497 e. The van der Waals surface area contributed by atoms with Crippen molar-refractivity contribution in [2.45, 2.75) is 44.2 Å². The van der Waals surface area contributed by atoms with Crippen LogP contribution in [-0.2, 0) is 6.42 Å². The summed E-state index contributed by atoms with van der Waals surface area (Å²) in [6.45, 7) is 3.81. The van der Waals surface area contributed by atoms with Crippen LogP contribution in [0.1, 0.15) is 42.9 Å². The Balaban J connectivity index is 1.34. The van der Waals surface area contributed by atoms with Gasteiger partial charge in [-0.05, 0) is 74.4 Å². The van der Waals surface area contributed by atoms with Gasteiger partial charge in [-0.3, -0.25) is 0 Å². The molecule has 0 aromatic heterocycles. The molecule has 1 aliphatic heterocycles. The van der Waals surface area contributed by atoms with Crippen LogP contribution >= 0.6 is 0 Å². The molecule has 2 aliphatic carbocycles. The number of hydrogen-bond donors (Lipinski definition) is 1. The van der Waals surface area contributed by atoms with E-state index < -0.39 is 0 Å². The molecule has 1 aromatic rings. The van der Waals surface area contributed by atoms with Gasteiger partial charge in [0.05, 0.1) is 7.11 Å². The Morgan fingerprint density at radius 1 is 1.24 bits per heavy atom. The summed E-state index contributed by atoms with van der Waals surface area (Å²) in [5.74, 6) is 1.84. The maximum absolute atomic E-state index is 5.38. The number of benzene rings is 1. The molecule has 21 heavy (non-hydrogen) atoms. The van der Waals surface area contributed by atoms with Crippen LogP contribution in [0.2, 0.25) is 0 Å². The zero-order chi connectivity index (χ0) is 14.2. The molecule has 114 valence electrons. The first-order valence-electron chi connectivity index (χ1n) is 8.48. The van der Waals surface area contributed by atoms with Crippen LogP contribution in [0.5, 0.6) is 5.75 Å². The molecule has 3 heteroatoms. The highest BCUT2D eigenvalue weighted by atomic mass is 16.5. The number of fused-ring (bicyclic) bond motifs is 1. The summed E-state index contributed by atoms with van der Waals surface area (Å²) >= 11 is 0. The SMILES string of the molecule is COc1ccc2c(c1)C(NCC1CCN(C3CC3)C1)CC2. The van der Waals surface area contributed by atoms with Crippen molar-refractivity contribution in [1.82, 2.24) is 10.2 Å². The Bertz CT molecular complexity index is 512. The van der Waals surface area contributed by atoms with Crippen LogP contribution in [0.25, 0.3) is 0 Å². The van der Waals surface area contributed by atoms with E-state index in [1.54, 1.807) is 7.11 Å². The van der Waals surface area contributed by atoms with Crippen molar-refractivity contribution in [2.24, 2.45) is 5.92 Å². The first-order valence-corrected chi connectivity index (χ1v) is 8.48. The van der Waals surface area contributed by atoms with E-state index in [9.17, 15) is 0 Å². The van der Waals surface area contributed by atoms with E-state index in [0.717, 1.165) is 17.7 Å². The highest BCUT2D eigenvalue weighted by Gasteiger charge is 2.34. The predicted octanol–water partition coefficient (Wildman–Crippen LogP) is 2.76. The molecule has 2 fully saturated rings.